The number of alkyl halides is 3. The molecule has 2 rings (SSSR count). The van der Waals surface area contributed by atoms with E-state index in [1.165, 1.54) is 12.8 Å². The molecule has 0 bridgehead atoms. The molecule has 1 saturated heterocycles. The van der Waals surface area contributed by atoms with Gasteiger partial charge in [-0.15, -0.1) is 0 Å². The van der Waals surface area contributed by atoms with E-state index in [9.17, 15) is 13.2 Å². The number of nitrogens with one attached hydrogen (secondary N) is 1. The highest BCUT2D eigenvalue weighted by molar-refractivity contribution is 4.86. The molecule has 0 spiro atoms. The van der Waals surface area contributed by atoms with Crippen molar-refractivity contribution in [3.05, 3.63) is 11.7 Å². The van der Waals surface area contributed by atoms with Crippen LogP contribution in [0.2, 0.25) is 0 Å². The van der Waals surface area contributed by atoms with Crippen LogP contribution in [0, 0.1) is 0 Å². The molecule has 0 aliphatic carbocycles. The van der Waals surface area contributed by atoms with E-state index in [1.807, 2.05) is 0 Å². The fourth-order valence-electron chi connectivity index (χ4n) is 2.18. The first-order chi connectivity index (χ1) is 9.53. The second kappa shape index (κ2) is 7.03. The summed E-state index contributed by atoms with van der Waals surface area (Å²) in [5.74, 6) is 0.601. The third kappa shape index (κ3) is 5.46. The standard InChI is InChI=1S/C12H18F3N3O2/c13-12(14,15)8-19-7-10-17-11(20-18-10)5-4-9-3-1-2-6-16-9/h9,16H,1-8H2. The van der Waals surface area contributed by atoms with Crippen LogP contribution < -0.4 is 5.32 Å². The van der Waals surface area contributed by atoms with E-state index in [2.05, 4.69) is 20.2 Å². The zero-order chi connectivity index (χ0) is 14.4. The van der Waals surface area contributed by atoms with Crippen LogP contribution in [-0.4, -0.2) is 35.5 Å². The first-order valence-corrected chi connectivity index (χ1v) is 6.72. The van der Waals surface area contributed by atoms with Crippen molar-refractivity contribution in [2.75, 3.05) is 13.2 Å². The molecule has 8 heteroatoms. The summed E-state index contributed by atoms with van der Waals surface area (Å²) in [5, 5.41) is 7.01. The lowest BCUT2D eigenvalue weighted by Crippen LogP contribution is -2.34. The van der Waals surface area contributed by atoms with Gasteiger partial charge >= 0.3 is 6.18 Å². The lowest BCUT2D eigenvalue weighted by Gasteiger charge is -2.22. The second-order valence-corrected chi connectivity index (χ2v) is 4.90. The largest absolute Gasteiger partial charge is 0.411 e. The Balaban J connectivity index is 1.69. The van der Waals surface area contributed by atoms with E-state index >= 15 is 0 Å². The van der Waals surface area contributed by atoms with Gasteiger partial charge < -0.3 is 14.6 Å². The van der Waals surface area contributed by atoms with Crippen LogP contribution in [0.1, 0.15) is 37.4 Å². The number of ether oxygens (including phenoxy) is 1. The molecule has 0 aromatic carbocycles. The Morgan fingerprint density at radius 3 is 2.90 bits per heavy atom. The summed E-state index contributed by atoms with van der Waals surface area (Å²) in [6.45, 7) is -0.557. The van der Waals surface area contributed by atoms with E-state index in [4.69, 9.17) is 4.52 Å². The molecule has 1 aromatic rings. The van der Waals surface area contributed by atoms with Crippen molar-refractivity contribution in [3.8, 4) is 0 Å². The van der Waals surface area contributed by atoms with E-state index in [0.717, 1.165) is 19.4 Å². The van der Waals surface area contributed by atoms with Gasteiger partial charge in [-0.25, -0.2) is 0 Å². The zero-order valence-electron chi connectivity index (χ0n) is 11.1. The van der Waals surface area contributed by atoms with Crippen LogP contribution in [0.15, 0.2) is 4.52 Å². The van der Waals surface area contributed by atoms with Gasteiger partial charge in [0.05, 0.1) is 0 Å². The van der Waals surface area contributed by atoms with Gasteiger partial charge in [0.25, 0.3) is 0 Å². The first-order valence-electron chi connectivity index (χ1n) is 6.72. The SMILES string of the molecule is FC(F)(F)COCc1noc(CCC2CCCCN2)n1. The van der Waals surface area contributed by atoms with E-state index in [1.54, 1.807) is 0 Å². The monoisotopic (exact) mass is 293 g/mol. The van der Waals surface area contributed by atoms with Crippen molar-refractivity contribution in [1.29, 1.82) is 0 Å². The normalized spacial score (nSPS) is 20.2. The molecule has 2 heterocycles. The van der Waals surface area contributed by atoms with Crippen LogP contribution in [0.25, 0.3) is 0 Å². The molecule has 20 heavy (non-hydrogen) atoms. The maximum atomic E-state index is 11.9. The molecule has 1 aliphatic heterocycles. The second-order valence-electron chi connectivity index (χ2n) is 4.90. The lowest BCUT2D eigenvalue weighted by atomic mass is 10.0. The van der Waals surface area contributed by atoms with E-state index < -0.39 is 12.8 Å². The molecule has 0 saturated carbocycles. The Morgan fingerprint density at radius 2 is 2.20 bits per heavy atom. The molecule has 0 amide bonds. The molecule has 5 nitrogen and oxygen atoms in total. The third-order valence-electron chi connectivity index (χ3n) is 3.13. The number of hydrogen-bond acceptors (Lipinski definition) is 5. The summed E-state index contributed by atoms with van der Waals surface area (Å²) in [7, 11) is 0. The van der Waals surface area contributed by atoms with Gasteiger partial charge in [-0.2, -0.15) is 18.2 Å². The van der Waals surface area contributed by atoms with Crippen LogP contribution >= 0.6 is 0 Å². The average Bonchev–Trinajstić information content (AvgIpc) is 2.84. The van der Waals surface area contributed by atoms with Gasteiger partial charge in [-0.05, 0) is 25.8 Å². The highest BCUT2D eigenvalue weighted by atomic mass is 19.4. The Kier molecular flexibility index (Phi) is 5.36. The molecule has 1 atom stereocenters. The minimum atomic E-state index is -4.33. The summed E-state index contributed by atoms with van der Waals surface area (Å²) in [6.07, 6.45) is 0.750. The molecule has 114 valence electrons. The van der Waals surface area contributed by atoms with Crippen molar-refractivity contribution in [2.24, 2.45) is 0 Å². The van der Waals surface area contributed by atoms with Gasteiger partial charge in [0, 0.05) is 12.5 Å². The Hall–Kier alpha value is -1.15. The lowest BCUT2D eigenvalue weighted by molar-refractivity contribution is -0.177. The number of rotatable bonds is 6. The van der Waals surface area contributed by atoms with Gasteiger partial charge in [0.2, 0.25) is 5.89 Å². The van der Waals surface area contributed by atoms with Crippen LogP contribution in [0.5, 0.6) is 0 Å². The van der Waals surface area contributed by atoms with Crippen LogP contribution in [-0.2, 0) is 17.8 Å². The molecule has 1 fully saturated rings. The fourth-order valence-corrected chi connectivity index (χ4v) is 2.18. The summed E-state index contributed by atoms with van der Waals surface area (Å²) >= 11 is 0. The molecule has 1 N–H and O–H groups in total. The minimum Gasteiger partial charge on any atom is -0.364 e. The number of aryl methyl sites for hydroxylation is 1. The summed E-state index contributed by atoms with van der Waals surface area (Å²) < 4.78 is 45.1. The third-order valence-corrected chi connectivity index (χ3v) is 3.13. The smallest absolute Gasteiger partial charge is 0.364 e. The Labute approximate surface area is 114 Å². The first kappa shape index (κ1) is 15.2. The zero-order valence-corrected chi connectivity index (χ0v) is 11.1. The minimum absolute atomic E-state index is 0.154. The van der Waals surface area contributed by atoms with Crippen molar-refractivity contribution < 1.29 is 22.4 Å². The number of halogens is 3. The molecular weight excluding hydrogens is 275 g/mol. The predicted molar refractivity (Wildman–Crippen MR) is 64.0 cm³/mol. The Bertz CT molecular complexity index is 403. The summed E-state index contributed by atoms with van der Waals surface area (Å²) in [6, 6.07) is 0.459. The number of piperidine rings is 1. The van der Waals surface area contributed by atoms with Gasteiger partial charge in [0.15, 0.2) is 5.82 Å². The van der Waals surface area contributed by atoms with Crippen molar-refractivity contribution in [2.45, 2.75) is 50.9 Å². The Morgan fingerprint density at radius 1 is 1.35 bits per heavy atom. The van der Waals surface area contributed by atoms with Crippen LogP contribution in [0.4, 0.5) is 13.2 Å². The topological polar surface area (TPSA) is 60.2 Å². The van der Waals surface area contributed by atoms with Crippen molar-refractivity contribution in [3.63, 3.8) is 0 Å². The predicted octanol–water partition coefficient (Wildman–Crippen LogP) is 2.22. The molecule has 1 unspecified atom stereocenters. The number of hydrogen-bond donors (Lipinski definition) is 1. The average molecular weight is 293 g/mol. The van der Waals surface area contributed by atoms with Gasteiger partial charge in [0.1, 0.15) is 13.2 Å². The van der Waals surface area contributed by atoms with Gasteiger partial charge in [-0.1, -0.05) is 11.6 Å². The fraction of sp³-hybridized carbons (Fsp3) is 0.833. The summed E-state index contributed by atoms with van der Waals surface area (Å²) in [5.41, 5.74) is 0. The van der Waals surface area contributed by atoms with E-state index in [0.29, 0.717) is 18.4 Å². The summed E-state index contributed by atoms with van der Waals surface area (Å²) in [4.78, 5) is 4.02. The maximum Gasteiger partial charge on any atom is 0.411 e. The van der Waals surface area contributed by atoms with Gasteiger partial charge in [-0.3, -0.25) is 0 Å². The van der Waals surface area contributed by atoms with Crippen LogP contribution in [0.3, 0.4) is 0 Å². The highest BCUT2D eigenvalue weighted by Crippen LogP contribution is 2.16. The number of nitrogens with zero attached hydrogens (tertiary/aromatic N) is 2. The highest BCUT2D eigenvalue weighted by Gasteiger charge is 2.27. The maximum absolute atomic E-state index is 11.9. The van der Waals surface area contributed by atoms with Crippen molar-refractivity contribution in [1.82, 2.24) is 15.5 Å². The molecule has 0 radical (unpaired) electrons. The molecule has 1 aliphatic rings. The van der Waals surface area contributed by atoms with Crippen molar-refractivity contribution >= 4 is 0 Å². The molecule has 1 aromatic heterocycles. The molecular formula is C12H18F3N3O2. The van der Waals surface area contributed by atoms with E-state index in [-0.39, 0.29) is 12.4 Å². The number of aromatic nitrogens is 2. The quantitative estimate of drug-likeness (QED) is 0.871.